The van der Waals surface area contributed by atoms with Crippen LogP contribution in [0, 0.1) is 5.92 Å². The molecule has 1 amide bonds. The van der Waals surface area contributed by atoms with Gasteiger partial charge in [-0.2, -0.15) is 0 Å². The fourth-order valence-electron chi connectivity index (χ4n) is 1.79. The fourth-order valence-corrected chi connectivity index (χ4v) is 1.79. The second-order valence-electron chi connectivity index (χ2n) is 3.82. The maximum Gasteiger partial charge on any atom is 0.225 e. The number of ether oxygens (including phenoxy) is 1. The molecule has 74 valence electrons. The van der Waals surface area contributed by atoms with Gasteiger partial charge < -0.3 is 15.4 Å². The lowest BCUT2D eigenvalue weighted by molar-refractivity contribution is -0.145. The first-order valence-corrected chi connectivity index (χ1v) is 4.93. The van der Waals surface area contributed by atoms with Gasteiger partial charge in [0.25, 0.3) is 0 Å². The molecule has 1 aliphatic carbocycles. The number of hydrogen-bond acceptors (Lipinski definition) is 3. The third-order valence-electron chi connectivity index (χ3n) is 2.86. The van der Waals surface area contributed by atoms with Gasteiger partial charge in [0.2, 0.25) is 5.91 Å². The lowest BCUT2D eigenvalue weighted by Crippen LogP contribution is -2.51. The third-order valence-corrected chi connectivity index (χ3v) is 2.86. The molecule has 1 saturated heterocycles. The number of nitrogens with two attached hydrogens (primary N) is 1. The van der Waals surface area contributed by atoms with E-state index in [1.807, 2.05) is 4.90 Å². The highest BCUT2D eigenvalue weighted by atomic mass is 16.5. The summed E-state index contributed by atoms with van der Waals surface area (Å²) in [5, 5.41) is 0. The van der Waals surface area contributed by atoms with Crippen LogP contribution in [0.25, 0.3) is 0 Å². The first-order chi connectivity index (χ1) is 6.27. The monoisotopic (exact) mass is 184 g/mol. The van der Waals surface area contributed by atoms with Gasteiger partial charge in [-0.15, -0.1) is 0 Å². The van der Waals surface area contributed by atoms with Crippen molar-refractivity contribution in [3.63, 3.8) is 0 Å². The Morgan fingerprint density at radius 3 is 2.77 bits per heavy atom. The van der Waals surface area contributed by atoms with Gasteiger partial charge in [0.05, 0.1) is 13.2 Å². The van der Waals surface area contributed by atoms with E-state index in [-0.39, 0.29) is 18.1 Å². The van der Waals surface area contributed by atoms with Crippen molar-refractivity contribution in [1.29, 1.82) is 0 Å². The van der Waals surface area contributed by atoms with Crippen LogP contribution in [0.4, 0.5) is 0 Å². The maximum absolute atomic E-state index is 11.7. The van der Waals surface area contributed by atoms with Crippen molar-refractivity contribution in [2.75, 3.05) is 19.7 Å². The maximum atomic E-state index is 11.7. The number of rotatable bonds is 1. The Bertz CT molecular complexity index is 204. The van der Waals surface area contributed by atoms with Gasteiger partial charge in [-0.05, 0) is 12.8 Å². The zero-order chi connectivity index (χ0) is 9.26. The van der Waals surface area contributed by atoms with Crippen molar-refractivity contribution >= 4 is 5.91 Å². The average Bonchev–Trinajstić information content (AvgIpc) is 2.01. The largest absolute Gasteiger partial charge is 0.360 e. The molecule has 1 atom stereocenters. The van der Waals surface area contributed by atoms with Crippen molar-refractivity contribution in [3.05, 3.63) is 0 Å². The van der Waals surface area contributed by atoms with Gasteiger partial charge in [-0.1, -0.05) is 6.42 Å². The van der Waals surface area contributed by atoms with E-state index < -0.39 is 0 Å². The van der Waals surface area contributed by atoms with Gasteiger partial charge in [-0.25, -0.2) is 0 Å². The summed E-state index contributed by atoms with van der Waals surface area (Å²) in [6.45, 7) is 1.86. The Kier molecular flexibility index (Phi) is 2.51. The van der Waals surface area contributed by atoms with Crippen LogP contribution in [0.5, 0.6) is 0 Å². The molecule has 1 unspecified atom stereocenters. The molecule has 0 spiro atoms. The van der Waals surface area contributed by atoms with Crippen molar-refractivity contribution in [3.8, 4) is 0 Å². The standard InChI is InChI=1S/C9H16N2O2/c10-8-6-11(4-5-13-8)9(12)7-2-1-3-7/h7-8H,1-6,10H2. The molecule has 2 fully saturated rings. The van der Waals surface area contributed by atoms with Crippen LogP contribution in [0.3, 0.4) is 0 Å². The van der Waals surface area contributed by atoms with Crippen molar-refractivity contribution in [2.24, 2.45) is 11.7 Å². The minimum absolute atomic E-state index is 0.280. The smallest absolute Gasteiger partial charge is 0.225 e. The summed E-state index contributed by atoms with van der Waals surface area (Å²) in [6, 6.07) is 0. The lowest BCUT2D eigenvalue weighted by Gasteiger charge is -2.35. The van der Waals surface area contributed by atoms with Gasteiger partial charge in [-0.3, -0.25) is 4.79 Å². The SMILES string of the molecule is NC1CN(C(=O)C2CCC2)CCO1. The highest BCUT2D eigenvalue weighted by Crippen LogP contribution is 2.28. The molecule has 4 nitrogen and oxygen atoms in total. The Labute approximate surface area is 78.0 Å². The molecule has 0 bridgehead atoms. The Balaban J connectivity index is 1.87. The first-order valence-electron chi connectivity index (χ1n) is 4.93. The van der Waals surface area contributed by atoms with Crippen LogP contribution in [-0.4, -0.2) is 36.7 Å². The number of nitrogens with zero attached hydrogens (tertiary/aromatic N) is 1. The number of amides is 1. The van der Waals surface area contributed by atoms with E-state index in [4.69, 9.17) is 10.5 Å². The van der Waals surface area contributed by atoms with E-state index in [0.717, 1.165) is 12.8 Å². The number of carbonyl (C=O) groups is 1. The second kappa shape index (κ2) is 3.64. The molecule has 0 radical (unpaired) electrons. The van der Waals surface area contributed by atoms with E-state index in [1.54, 1.807) is 0 Å². The van der Waals surface area contributed by atoms with Crippen LogP contribution < -0.4 is 5.73 Å². The summed E-state index contributed by atoms with van der Waals surface area (Å²) in [6.07, 6.45) is 3.04. The quantitative estimate of drug-likeness (QED) is 0.620. The molecule has 1 aliphatic heterocycles. The van der Waals surface area contributed by atoms with Crippen LogP contribution in [0.1, 0.15) is 19.3 Å². The minimum atomic E-state index is -0.280. The summed E-state index contributed by atoms with van der Waals surface area (Å²) >= 11 is 0. The molecule has 1 heterocycles. The summed E-state index contributed by atoms with van der Waals surface area (Å²) in [5.74, 6) is 0.565. The normalized spacial score (nSPS) is 29.9. The second-order valence-corrected chi connectivity index (χ2v) is 3.82. The summed E-state index contributed by atoms with van der Waals surface area (Å²) < 4.78 is 5.17. The highest BCUT2D eigenvalue weighted by molar-refractivity contribution is 5.79. The van der Waals surface area contributed by atoms with Gasteiger partial charge >= 0.3 is 0 Å². The molecule has 0 aromatic carbocycles. The lowest BCUT2D eigenvalue weighted by atomic mass is 9.84. The molecule has 2 aliphatic rings. The number of hydrogen-bond donors (Lipinski definition) is 1. The van der Waals surface area contributed by atoms with Gasteiger partial charge in [0, 0.05) is 12.5 Å². The first kappa shape index (κ1) is 8.97. The number of carbonyl (C=O) groups excluding carboxylic acids is 1. The van der Waals surface area contributed by atoms with Crippen LogP contribution >= 0.6 is 0 Å². The predicted octanol–water partition coefficient (Wildman–Crippen LogP) is -0.0699. The van der Waals surface area contributed by atoms with Gasteiger partial charge in [0.15, 0.2) is 0 Å². The molecule has 13 heavy (non-hydrogen) atoms. The summed E-state index contributed by atoms with van der Waals surface area (Å²) in [5.41, 5.74) is 5.61. The zero-order valence-electron chi connectivity index (χ0n) is 7.74. The average molecular weight is 184 g/mol. The Morgan fingerprint density at radius 2 is 2.23 bits per heavy atom. The molecule has 4 heteroatoms. The van der Waals surface area contributed by atoms with E-state index in [9.17, 15) is 4.79 Å². The third kappa shape index (κ3) is 1.84. The number of morpholine rings is 1. The molecular formula is C9H16N2O2. The van der Waals surface area contributed by atoms with E-state index in [2.05, 4.69) is 0 Å². The summed E-state index contributed by atoms with van der Waals surface area (Å²) in [7, 11) is 0. The van der Waals surface area contributed by atoms with E-state index in [0.29, 0.717) is 19.7 Å². The van der Waals surface area contributed by atoms with Crippen LogP contribution in [0.2, 0.25) is 0 Å². The van der Waals surface area contributed by atoms with Gasteiger partial charge in [0.1, 0.15) is 6.23 Å². The Hall–Kier alpha value is -0.610. The summed E-state index contributed by atoms with van der Waals surface area (Å²) in [4.78, 5) is 13.6. The van der Waals surface area contributed by atoms with Crippen LogP contribution in [0.15, 0.2) is 0 Å². The van der Waals surface area contributed by atoms with Crippen LogP contribution in [-0.2, 0) is 9.53 Å². The molecular weight excluding hydrogens is 168 g/mol. The molecule has 2 rings (SSSR count). The topological polar surface area (TPSA) is 55.6 Å². The van der Waals surface area contributed by atoms with E-state index >= 15 is 0 Å². The van der Waals surface area contributed by atoms with Crippen molar-refractivity contribution in [2.45, 2.75) is 25.5 Å². The zero-order valence-corrected chi connectivity index (χ0v) is 7.74. The molecule has 2 N–H and O–H groups in total. The highest BCUT2D eigenvalue weighted by Gasteiger charge is 2.31. The minimum Gasteiger partial charge on any atom is -0.360 e. The van der Waals surface area contributed by atoms with Crippen molar-refractivity contribution < 1.29 is 9.53 Å². The molecule has 0 aromatic heterocycles. The predicted molar refractivity (Wildman–Crippen MR) is 47.8 cm³/mol. The van der Waals surface area contributed by atoms with Crippen molar-refractivity contribution in [1.82, 2.24) is 4.90 Å². The fraction of sp³-hybridized carbons (Fsp3) is 0.889. The molecule has 1 saturated carbocycles. The van der Waals surface area contributed by atoms with E-state index in [1.165, 1.54) is 6.42 Å². The molecule has 0 aromatic rings. The Morgan fingerprint density at radius 1 is 1.46 bits per heavy atom.